The van der Waals surface area contributed by atoms with Crippen molar-refractivity contribution in [1.29, 1.82) is 0 Å². The van der Waals surface area contributed by atoms with Crippen molar-refractivity contribution in [3.05, 3.63) is 0 Å². The number of ether oxygens (including phenoxy) is 2. The number of rotatable bonds is 6. The Bertz CT molecular complexity index is 406. The van der Waals surface area contributed by atoms with Crippen molar-refractivity contribution in [3.63, 3.8) is 0 Å². The summed E-state index contributed by atoms with van der Waals surface area (Å²) < 4.78 is 45.4. The minimum Gasteiger partial charge on any atom is -0.726 e. The van der Waals surface area contributed by atoms with Crippen LogP contribution in [0.25, 0.3) is 0 Å². The SMILES string of the molecule is CCCO[C@@H]1C(C(=O)[O-])OCC(OS(=O)(=O)[O-])[C@@H]1O. The second kappa shape index (κ2) is 6.59. The number of carbonyl (C=O) groups is 1. The predicted molar refractivity (Wildman–Crippen MR) is 55.4 cm³/mol. The molecule has 0 bridgehead atoms. The first kappa shape index (κ1) is 16.3. The van der Waals surface area contributed by atoms with Crippen LogP contribution in [-0.4, -0.2) is 61.7 Å². The summed E-state index contributed by atoms with van der Waals surface area (Å²) >= 11 is 0. The maximum Gasteiger partial charge on any atom is 0.218 e. The molecular weight excluding hydrogens is 284 g/mol. The van der Waals surface area contributed by atoms with Crippen LogP contribution in [0.4, 0.5) is 0 Å². The molecule has 0 aromatic heterocycles. The molecule has 0 saturated carbocycles. The molecule has 0 aromatic rings. The van der Waals surface area contributed by atoms with Gasteiger partial charge in [-0.15, -0.1) is 0 Å². The fraction of sp³-hybridized carbons (Fsp3) is 0.889. The molecule has 9 nitrogen and oxygen atoms in total. The average molecular weight is 298 g/mol. The van der Waals surface area contributed by atoms with Crippen LogP contribution in [0.1, 0.15) is 13.3 Å². The van der Waals surface area contributed by atoms with Gasteiger partial charge < -0.3 is 29.0 Å². The maximum atomic E-state index is 10.8. The van der Waals surface area contributed by atoms with Crippen LogP contribution in [-0.2, 0) is 28.9 Å². The van der Waals surface area contributed by atoms with Crippen LogP contribution in [0.2, 0.25) is 0 Å². The fourth-order valence-electron chi connectivity index (χ4n) is 1.66. The largest absolute Gasteiger partial charge is 0.726 e. The lowest BCUT2D eigenvalue weighted by Gasteiger charge is -2.40. The third kappa shape index (κ3) is 4.67. The van der Waals surface area contributed by atoms with Crippen molar-refractivity contribution in [1.82, 2.24) is 0 Å². The Labute approximate surface area is 110 Å². The molecule has 0 radical (unpaired) electrons. The number of aliphatic carboxylic acids is 1. The number of aliphatic hydroxyl groups is 1. The fourth-order valence-corrected chi connectivity index (χ4v) is 2.13. The molecule has 10 heteroatoms. The number of aliphatic hydroxyl groups excluding tert-OH is 1. The first-order valence-corrected chi connectivity index (χ1v) is 6.85. The molecule has 1 N–H and O–H groups in total. The van der Waals surface area contributed by atoms with E-state index in [0.29, 0.717) is 6.42 Å². The van der Waals surface area contributed by atoms with Crippen molar-refractivity contribution in [2.24, 2.45) is 0 Å². The lowest BCUT2D eigenvalue weighted by Crippen LogP contribution is -2.60. The van der Waals surface area contributed by atoms with Crippen LogP contribution in [0.5, 0.6) is 0 Å². The zero-order valence-electron chi connectivity index (χ0n) is 10.1. The van der Waals surface area contributed by atoms with Gasteiger partial charge in [0.25, 0.3) is 0 Å². The first-order chi connectivity index (χ1) is 8.76. The summed E-state index contributed by atoms with van der Waals surface area (Å²) in [6.45, 7) is 1.29. The molecule has 1 aliphatic heterocycles. The Kier molecular flexibility index (Phi) is 5.64. The Morgan fingerprint density at radius 1 is 1.53 bits per heavy atom. The molecule has 1 fully saturated rings. The molecule has 2 unspecified atom stereocenters. The van der Waals surface area contributed by atoms with E-state index in [-0.39, 0.29) is 6.61 Å². The second-order valence-electron chi connectivity index (χ2n) is 3.94. The standard InChI is InChI=1S/C9H16O9S/c1-2-3-16-7-6(10)5(18-19(13,14)15)4-17-8(7)9(11)12/h5-8,10H,2-4H2,1H3,(H,11,12)(H,13,14,15)/p-2/t5?,6-,7-,8?/m0/s1. The van der Waals surface area contributed by atoms with Gasteiger partial charge in [-0.1, -0.05) is 6.92 Å². The molecule has 1 heterocycles. The lowest BCUT2D eigenvalue weighted by molar-refractivity contribution is -0.329. The third-order valence-electron chi connectivity index (χ3n) is 2.44. The highest BCUT2D eigenvalue weighted by Gasteiger charge is 2.42. The van der Waals surface area contributed by atoms with Gasteiger partial charge in [0.2, 0.25) is 10.4 Å². The number of carboxylic acids is 1. The number of hydrogen-bond acceptors (Lipinski definition) is 9. The molecule has 4 atom stereocenters. The normalized spacial score (nSPS) is 32.2. The van der Waals surface area contributed by atoms with Gasteiger partial charge in [-0.3, -0.25) is 4.18 Å². The van der Waals surface area contributed by atoms with Gasteiger partial charge in [0.05, 0.1) is 12.6 Å². The zero-order chi connectivity index (χ0) is 14.6. The van der Waals surface area contributed by atoms with Crippen molar-refractivity contribution < 1.29 is 41.6 Å². The molecule has 0 amide bonds. The topological polar surface area (TPSA) is 145 Å². The molecule has 19 heavy (non-hydrogen) atoms. The number of carbonyl (C=O) groups excluding carboxylic acids is 1. The van der Waals surface area contributed by atoms with Crippen LogP contribution in [0.15, 0.2) is 0 Å². The molecule has 0 aliphatic carbocycles. The summed E-state index contributed by atoms with van der Waals surface area (Å²) in [5.41, 5.74) is 0. The van der Waals surface area contributed by atoms with E-state index in [1.807, 2.05) is 0 Å². The Balaban J connectivity index is 2.81. The quantitative estimate of drug-likeness (QED) is 0.404. The van der Waals surface area contributed by atoms with Crippen molar-refractivity contribution >= 4 is 16.4 Å². The molecule has 1 saturated heterocycles. The van der Waals surface area contributed by atoms with Gasteiger partial charge >= 0.3 is 0 Å². The van der Waals surface area contributed by atoms with Crippen LogP contribution in [0, 0.1) is 0 Å². The zero-order valence-corrected chi connectivity index (χ0v) is 10.9. The summed E-state index contributed by atoms with van der Waals surface area (Å²) in [7, 11) is -5.05. The van der Waals surface area contributed by atoms with E-state index >= 15 is 0 Å². The first-order valence-electron chi connectivity index (χ1n) is 5.52. The third-order valence-corrected chi connectivity index (χ3v) is 2.93. The van der Waals surface area contributed by atoms with E-state index in [9.17, 15) is 28.0 Å². The predicted octanol–water partition coefficient (Wildman–Crippen LogP) is -2.86. The molecule has 0 spiro atoms. The van der Waals surface area contributed by atoms with Gasteiger partial charge in [0.15, 0.2) is 0 Å². The summed E-state index contributed by atoms with van der Waals surface area (Å²) in [6.07, 6.45) is -5.54. The van der Waals surface area contributed by atoms with Crippen LogP contribution >= 0.6 is 0 Å². The van der Waals surface area contributed by atoms with Gasteiger partial charge in [-0.05, 0) is 6.42 Å². The molecule has 1 rings (SSSR count). The summed E-state index contributed by atoms with van der Waals surface area (Å²) in [5, 5.41) is 20.6. The summed E-state index contributed by atoms with van der Waals surface area (Å²) in [4.78, 5) is 10.8. The monoisotopic (exact) mass is 298 g/mol. The van der Waals surface area contributed by atoms with E-state index < -0.39 is 47.4 Å². The molecule has 1 aliphatic rings. The summed E-state index contributed by atoms with van der Waals surface area (Å²) in [5.74, 6) is -1.61. The maximum absolute atomic E-state index is 10.8. The van der Waals surface area contributed by atoms with Crippen LogP contribution < -0.4 is 5.11 Å². The highest BCUT2D eigenvalue weighted by atomic mass is 32.3. The van der Waals surface area contributed by atoms with Gasteiger partial charge in [0.1, 0.15) is 24.4 Å². The number of hydrogen-bond donors (Lipinski definition) is 1. The van der Waals surface area contributed by atoms with E-state index in [1.54, 1.807) is 6.92 Å². The van der Waals surface area contributed by atoms with Crippen LogP contribution in [0.3, 0.4) is 0 Å². The Morgan fingerprint density at radius 2 is 2.16 bits per heavy atom. The van der Waals surface area contributed by atoms with Gasteiger partial charge in [0, 0.05) is 6.61 Å². The Hall–Kier alpha value is -0.780. The van der Waals surface area contributed by atoms with Gasteiger partial charge in [-0.25, -0.2) is 8.42 Å². The van der Waals surface area contributed by atoms with E-state index in [4.69, 9.17) is 9.47 Å². The lowest BCUT2D eigenvalue weighted by atomic mass is 10.00. The van der Waals surface area contributed by atoms with Crippen molar-refractivity contribution in [2.75, 3.05) is 13.2 Å². The molecule has 0 aromatic carbocycles. The van der Waals surface area contributed by atoms with E-state index in [2.05, 4.69) is 4.18 Å². The highest BCUT2D eigenvalue weighted by molar-refractivity contribution is 7.80. The smallest absolute Gasteiger partial charge is 0.218 e. The minimum atomic E-state index is -5.05. The molecular formula is C9H14O9S-2. The van der Waals surface area contributed by atoms with Gasteiger partial charge in [-0.2, -0.15) is 0 Å². The molecule has 112 valence electrons. The summed E-state index contributed by atoms with van der Waals surface area (Å²) in [6, 6.07) is 0. The second-order valence-corrected chi connectivity index (χ2v) is 4.95. The Morgan fingerprint density at radius 3 is 2.63 bits per heavy atom. The number of carboxylic acid groups (broad SMARTS) is 1. The average Bonchev–Trinajstić information content (AvgIpc) is 2.28. The highest BCUT2D eigenvalue weighted by Crippen LogP contribution is 2.21. The minimum absolute atomic E-state index is 0.117. The van der Waals surface area contributed by atoms with Crippen molar-refractivity contribution in [2.45, 2.75) is 37.8 Å². The van der Waals surface area contributed by atoms with Crippen molar-refractivity contribution in [3.8, 4) is 0 Å². The van der Waals surface area contributed by atoms with E-state index in [1.165, 1.54) is 0 Å². The van der Waals surface area contributed by atoms with E-state index in [0.717, 1.165) is 0 Å².